The van der Waals surface area contributed by atoms with Gasteiger partial charge in [0.25, 0.3) is 0 Å². The molecule has 2 aromatic rings. The smallest absolute Gasteiger partial charge is 0.124 e. The Kier molecular flexibility index (Phi) is 4.79. The van der Waals surface area contributed by atoms with Crippen molar-refractivity contribution in [2.24, 2.45) is 5.92 Å². The lowest BCUT2D eigenvalue weighted by molar-refractivity contribution is 0.302. The molecule has 1 N–H and O–H groups in total. The van der Waals surface area contributed by atoms with Gasteiger partial charge in [0.2, 0.25) is 0 Å². The highest BCUT2D eigenvalue weighted by molar-refractivity contribution is 6.30. The first kappa shape index (κ1) is 14.4. The minimum absolute atomic E-state index is 0.542. The van der Waals surface area contributed by atoms with Gasteiger partial charge >= 0.3 is 0 Å². The fourth-order valence-electron chi connectivity index (χ4n) is 2.31. The molecule has 1 fully saturated rings. The van der Waals surface area contributed by atoms with E-state index in [1.807, 2.05) is 36.4 Å². The second-order valence-electron chi connectivity index (χ2n) is 5.60. The molecule has 0 saturated heterocycles. The molecule has 0 spiro atoms. The molecule has 3 heteroatoms. The van der Waals surface area contributed by atoms with E-state index in [0.29, 0.717) is 6.61 Å². The molecule has 2 aromatic carbocycles. The minimum atomic E-state index is 0.542. The highest BCUT2D eigenvalue weighted by Gasteiger charge is 2.20. The molecule has 3 rings (SSSR count). The molecule has 0 aromatic heterocycles. The number of rotatable bonds is 7. The predicted octanol–water partition coefficient (Wildman–Crippen LogP) is 4.42. The van der Waals surface area contributed by atoms with Crippen molar-refractivity contribution in [1.29, 1.82) is 0 Å². The van der Waals surface area contributed by atoms with E-state index in [0.717, 1.165) is 35.3 Å². The van der Waals surface area contributed by atoms with Gasteiger partial charge in [0.1, 0.15) is 12.4 Å². The summed E-state index contributed by atoms with van der Waals surface area (Å²) >= 11 is 6.00. The molecule has 0 unspecified atom stereocenters. The molecular formula is C18H20ClNO. The Morgan fingerprint density at radius 1 is 1.10 bits per heavy atom. The lowest BCUT2D eigenvalue weighted by Crippen LogP contribution is -2.16. The average molecular weight is 302 g/mol. The Bertz CT molecular complexity index is 595. The average Bonchev–Trinajstić information content (AvgIpc) is 3.31. The van der Waals surface area contributed by atoms with Gasteiger partial charge in [0, 0.05) is 17.1 Å². The minimum Gasteiger partial charge on any atom is -0.489 e. The van der Waals surface area contributed by atoms with Gasteiger partial charge in [-0.25, -0.2) is 0 Å². The normalized spacial score (nSPS) is 14.1. The fourth-order valence-corrected chi connectivity index (χ4v) is 2.52. The molecule has 0 amide bonds. The predicted molar refractivity (Wildman–Crippen MR) is 86.7 cm³/mol. The van der Waals surface area contributed by atoms with Crippen LogP contribution in [0.15, 0.2) is 48.5 Å². The summed E-state index contributed by atoms with van der Waals surface area (Å²) in [6.45, 7) is 2.52. The molecule has 2 nitrogen and oxygen atoms in total. The highest BCUT2D eigenvalue weighted by atomic mass is 35.5. The third-order valence-electron chi connectivity index (χ3n) is 3.70. The van der Waals surface area contributed by atoms with Gasteiger partial charge in [0.15, 0.2) is 0 Å². The number of ether oxygens (including phenoxy) is 1. The maximum atomic E-state index is 6.00. The molecule has 1 aliphatic carbocycles. The molecule has 0 atom stereocenters. The van der Waals surface area contributed by atoms with E-state index in [4.69, 9.17) is 16.3 Å². The summed E-state index contributed by atoms with van der Waals surface area (Å²) < 4.78 is 5.95. The number of hydrogen-bond donors (Lipinski definition) is 1. The van der Waals surface area contributed by atoms with Crippen molar-refractivity contribution in [2.75, 3.05) is 6.54 Å². The number of para-hydroxylation sites is 1. The molecule has 21 heavy (non-hydrogen) atoms. The van der Waals surface area contributed by atoms with Gasteiger partial charge in [-0.05, 0) is 49.1 Å². The second kappa shape index (κ2) is 6.97. The van der Waals surface area contributed by atoms with E-state index in [9.17, 15) is 0 Å². The monoisotopic (exact) mass is 301 g/mol. The molecule has 0 heterocycles. The van der Waals surface area contributed by atoms with Crippen molar-refractivity contribution in [3.05, 3.63) is 64.7 Å². The first-order chi connectivity index (χ1) is 10.3. The maximum Gasteiger partial charge on any atom is 0.124 e. The summed E-state index contributed by atoms with van der Waals surface area (Å²) in [5.41, 5.74) is 2.29. The lowest BCUT2D eigenvalue weighted by Gasteiger charge is -2.12. The van der Waals surface area contributed by atoms with Gasteiger partial charge in [-0.3, -0.25) is 0 Å². The first-order valence-electron chi connectivity index (χ1n) is 7.47. The van der Waals surface area contributed by atoms with Crippen LogP contribution in [-0.4, -0.2) is 6.54 Å². The standard InChI is InChI=1S/C18H20ClNO/c19-17-6-3-4-15(10-17)13-21-18-7-2-1-5-16(18)12-20-11-14-8-9-14/h1-7,10,14,20H,8-9,11-13H2. The third kappa shape index (κ3) is 4.48. The van der Waals surface area contributed by atoms with Crippen molar-refractivity contribution in [3.8, 4) is 5.75 Å². The summed E-state index contributed by atoms with van der Waals surface area (Å²) in [4.78, 5) is 0. The fraction of sp³-hybridized carbons (Fsp3) is 0.333. The van der Waals surface area contributed by atoms with Crippen molar-refractivity contribution >= 4 is 11.6 Å². The Labute approximate surface area is 131 Å². The topological polar surface area (TPSA) is 21.3 Å². The van der Waals surface area contributed by atoms with Crippen LogP contribution in [0.1, 0.15) is 24.0 Å². The van der Waals surface area contributed by atoms with Gasteiger partial charge < -0.3 is 10.1 Å². The SMILES string of the molecule is Clc1cccc(COc2ccccc2CNCC2CC2)c1. The zero-order valence-electron chi connectivity index (χ0n) is 12.0. The highest BCUT2D eigenvalue weighted by Crippen LogP contribution is 2.28. The zero-order chi connectivity index (χ0) is 14.5. The third-order valence-corrected chi connectivity index (χ3v) is 3.94. The van der Waals surface area contributed by atoms with E-state index in [1.54, 1.807) is 0 Å². The van der Waals surface area contributed by atoms with Gasteiger partial charge in [-0.2, -0.15) is 0 Å². The first-order valence-corrected chi connectivity index (χ1v) is 7.85. The second-order valence-corrected chi connectivity index (χ2v) is 6.04. The molecule has 110 valence electrons. The maximum absolute atomic E-state index is 6.00. The van der Waals surface area contributed by atoms with Crippen LogP contribution in [0.3, 0.4) is 0 Å². The summed E-state index contributed by atoms with van der Waals surface area (Å²) in [6, 6.07) is 16.0. The van der Waals surface area contributed by atoms with Crippen LogP contribution in [0.5, 0.6) is 5.75 Å². The van der Waals surface area contributed by atoms with Crippen molar-refractivity contribution < 1.29 is 4.74 Å². The van der Waals surface area contributed by atoms with Crippen LogP contribution >= 0.6 is 11.6 Å². The molecule has 1 aliphatic rings. The van der Waals surface area contributed by atoms with E-state index < -0.39 is 0 Å². The van der Waals surface area contributed by atoms with Gasteiger partial charge in [0.05, 0.1) is 0 Å². The van der Waals surface area contributed by atoms with Crippen LogP contribution in [-0.2, 0) is 13.2 Å². The Balaban J connectivity index is 1.58. The quantitative estimate of drug-likeness (QED) is 0.817. The van der Waals surface area contributed by atoms with Gasteiger partial charge in [-0.1, -0.05) is 41.9 Å². The summed E-state index contributed by atoms with van der Waals surface area (Å²) in [5, 5.41) is 4.26. The Hall–Kier alpha value is -1.51. The van der Waals surface area contributed by atoms with Crippen LogP contribution in [0, 0.1) is 5.92 Å². The summed E-state index contributed by atoms with van der Waals surface area (Å²) in [5.74, 6) is 1.84. The molecular weight excluding hydrogens is 282 g/mol. The Morgan fingerprint density at radius 2 is 1.95 bits per heavy atom. The summed E-state index contributed by atoms with van der Waals surface area (Å²) in [6.07, 6.45) is 2.75. The largest absolute Gasteiger partial charge is 0.489 e. The lowest BCUT2D eigenvalue weighted by atomic mass is 10.2. The van der Waals surface area contributed by atoms with E-state index >= 15 is 0 Å². The van der Waals surface area contributed by atoms with Crippen molar-refractivity contribution in [1.82, 2.24) is 5.32 Å². The number of nitrogens with one attached hydrogen (secondary N) is 1. The van der Waals surface area contributed by atoms with Crippen LogP contribution in [0.25, 0.3) is 0 Å². The van der Waals surface area contributed by atoms with E-state index in [1.165, 1.54) is 18.4 Å². The van der Waals surface area contributed by atoms with Crippen molar-refractivity contribution in [2.45, 2.75) is 26.0 Å². The summed E-state index contributed by atoms with van der Waals surface area (Å²) in [7, 11) is 0. The van der Waals surface area contributed by atoms with E-state index in [-0.39, 0.29) is 0 Å². The molecule has 0 radical (unpaired) electrons. The molecule has 0 bridgehead atoms. The van der Waals surface area contributed by atoms with Gasteiger partial charge in [-0.15, -0.1) is 0 Å². The molecule has 1 saturated carbocycles. The molecule has 0 aliphatic heterocycles. The van der Waals surface area contributed by atoms with Crippen LogP contribution in [0.4, 0.5) is 0 Å². The van der Waals surface area contributed by atoms with Crippen LogP contribution < -0.4 is 10.1 Å². The number of halogens is 1. The Morgan fingerprint density at radius 3 is 2.76 bits per heavy atom. The zero-order valence-corrected chi connectivity index (χ0v) is 12.8. The number of hydrogen-bond acceptors (Lipinski definition) is 2. The van der Waals surface area contributed by atoms with Crippen molar-refractivity contribution in [3.63, 3.8) is 0 Å². The number of benzene rings is 2. The van der Waals surface area contributed by atoms with E-state index in [2.05, 4.69) is 17.4 Å². The van der Waals surface area contributed by atoms with Crippen LogP contribution in [0.2, 0.25) is 5.02 Å².